The van der Waals surface area contributed by atoms with Crippen LogP contribution in [-0.2, 0) is 11.2 Å². The minimum atomic E-state index is -0.974. The van der Waals surface area contributed by atoms with Crippen LogP contribution >= 0.6 is 0 Å². The van der Waals surface area contributed by atoms with Crippen molar-refractivity contribution in [1.82, 2.24) is 0 Å². The fourth-order valence-corrected chi connectivity index (χ4v) is 2.54. The molecule has 3 rings (SSSR count). The summed E-state index contributed by atoms with van der Waals surface area (Å²) in [5.74, 6) is -0.974. The zero-order chi connectivity index (χ0) is 15.5. The molecule has 22 heavy (non-hydrogen) atoms. The van der Waals surface area contributed by atoms with Gasteiger partial charge in [0.25, 0.3) is 0 Å². The highest BCUT2D eigenvalue weighted by Crippen LogP contribution is 2.24. The predicted octanol–water partition coefficient (Wildman–Crippen LogP) is 3.46. The molecule has 0 fully saturated rings. The van der Waals surface area contributed by atoms with Crippen molar-refractivity contribution >= 4 is 16.7 Å². The van der Waals surface area contributed by atoms with Gasteiger partial charge in [-0.15, -0.1) is 0 Å². The van der Waals surface area contributed by atoms with Crippen LogP contribution in [-0.4, -0.2) is 17.1 Å². The Labute approximate surface area is 129 Å². The second-order valence-electron chi connectivity index (χ2n) is 5.41. The standard InChI is InChI=1S/C19H17NO2/c20-18(19(21)22)11-13-5-7-15(8-6-13)17-10-9-14-3-1-2-4-16(14)12-17/h1-10,12,18H,11,20H2,(H,21,22)/t18-/m0/s1. The van der Waals surface area contributed by atoms with E-state index in [0.29, 0.717) is 6.42 Å². The predicted molar refractivity (Wildman–Crippen MR) is 88.7 cm³/mol. The average Bonchev–Trinajstić information content (AvgIpc) is 2.55. The summed E-state index contributed by atoms with van der Waals surface area (Å²) in [7, 11) is 0. The van der Waals surface area contributed by atoms with E-state index in [0.717, 1.165) is 16.7 Å². The van der Waals surface area contributed by atoms with Crippen LogP contribution in [0.2, 0.25) is 0 Å². The number of hydrogen-bond donors (Lipinski definition) is 2. The second-order valence-corrected chi connectivity index (χ2v) is 5.41. The Bertz CT molecular complexity index is 809. The SMILES string of the molecule is N[C@@H](Cc1ccc(-c2ccc3ccccc3c2)cc1)C(=O)O. The minimum absolute atomic E-state index is 0.341. The molecular weight excluding hydrogens is 274 g/mol. The third kappa shape index (κ3) is 3.00. The molecule has 0 aromatic heterocycles. The van der Waals surface area contributed by atoms with Crippen molar-refractivity contribution in [2.75, 3.05) is 0 Å². The maximum atomic E-state index is 10.8. The van der Waals surface area contributed by atoms with Gasteiger partial charge in [-0.05, 0) is 39.9 Å². The molecule has 0 aliphatic rings. The zero-order valence-electron chi connectivity index (χ0n) is 12.1. The molecule has 0 bridgehead atoms. The molecule has 110 valence electrons. The molecule has 1 atom stereocenters. The molecule has 0 unspecified atom stereocenters. The quantitative estimate of drug-likeness (QED) is 0.773. The summed E-state index contributed by atoms with van der Waals surface area (Å²) in [6, 6.07) is 21.7. The molecule has 0 spiro atoms. The Morgan fingerprint density at radius 2 is 1.55 bits per heavy atom. The highest BCUT2D eigenvalue weighted by atomic mass is 16.4. The number of hydrogen-bond acceptors (Lipinski definition) is 2. The van der Waals surface area contributed by atoms with Crippen molar-refractivity contribution < 1.29 is 9.90 Å². The van der Waals surface area contributed by atoms with Gasteiger partial charge in [0, 0.05) is 0 Å². The van der Waals surface area contributed by atoms with Crippen LogP contribution in [0.3, 0.4) is 0 Å². The van der Waals surface area contributed by atoms with Gasteiger partial charge in [-0.25, -0.2) is 0 Å². The van der Waals surface area contributed by atoms with Crippen LogP contribution in [0.25, 0.3) is 21.9 Å². The molecule has 0 aliphatic heterocycles. The molecule has 0 aliphatic carbocycles. The summed E-state index contributed by atoms with van der Waals surface area (Å²) in [5, 5.41) is 11.3. The first kappa shape index (κ1) is 14.3. The number of carboxylic acid groups (broad SMARTS) is 1. The van der Waals surface area contributed by atoms with Gasteiger partial charge in [-0.3, -0.25) is 4.79 Å². The number of fused-ring (bicyclic) bond motifs is 1. The lowest BCUT2D eigenvalue weighted by Gasteiger charge is -2.08. The van der Waals surface area contributed by atoms with Crippen molar-refractivity contribution in [3.8, 4) is 11.1 Å². The molecule has 3 aromatic carbocycles. The Balaban J connectivity index is 1.86. The summed E-state index contributed by atoms with van der Waals surface area (Å²) < 4.78 is 0. The van der Waals surface area contributed by atoms with E-state index < -0.39 is 12.0 Å². The van der Waals surface area contributed by atoms with Crippen molar-refractivity contribution in [2.45, 2.75) is 12.5 Å². The van der Waals surface area contributed by atoms with Crippen LogP contribution in [0.15, 0.2) is 66.7 Å². The molecule has 0 radical (unpaired) electrons. The van der Waals surface area contributed by atoms with Gasteiger partial charge in [-0.2, -0.15) is 0 Å². The van der Waals surface area contributed by atoms with Gasteiger partial charge < -0.3 is 10.8 Å². The minimum Gasteiger partial charge on any atom is -0.480 e. The normalized spacial score (nSPS) is 12.2. The van der Waals surface area contributed by atoms with Crippen LogP contribution in [0.1, 0.15) is 5.56 Å². The summed E-state index contributed by atoms with van der Waals surface area (Å²) in [5.41, 5.74) is 8.75. The second kappa shape index (κ2) is 6.00. The highest BCUT2D eigenvalue weighted by Gasteiger charge is 2.11. The molecule has 0 saturated carbocycles. The summed E-state index contributed by atoms with van der Waals surface area (Å²) >= 11 is 0. The van der Waals surface area contributed by atoms with Crippen LogP contribution < -0.4 is 5.73 Å². The van der Waals surface area contributed by atoms with Crippen molar-refractivity contribution in [1.29, 1.82) is 0 Å². The fraction of sp³-hybridized carbons (Fsp3) is 0.105. The molecule has 0 saturated heterocycles. The lowest BCUT2D eigenvalue weighted by molar-refractivity contribution is -0.138. The first-order valence-electron chi connectivity index (χ1n) is 7.20. The molecular formula is C19H17NO2. The number of carboxylic acids is 1. The summed E-state index contributed by atoms with van der Waals surface area (Å²) in [6.07, 6.45) is 0.341. The topological polar surface area (TPSA) is 63.3 Å². The first-order chi connectivity index (χ1) is 10.6. The Kier molecular flexibility index (Phi) is 3.90. The molecule has 0 amide bonds. The lowest BCUT2D eigenvalue weighted by Crippen LogP contribution is -2.32. The molecule has 3 nitrogen and oxygen atoms in total. The van der Waals surface area contributed by atoms with Crippen LogP contribution in [0, 0.1) is 0 Å². The maximum Gasteiger partial charge on any atom is 0.320 e. The van der Waals surface area contributed by atoms with E-state index in [4.69, 9.17) is 10.8 Å². The van der Waals surface area contributed by atoms with Gasteiger partial charge >= 0.3 is 5.97 Å². The van der Waals surface area contributed by atoms with Gasteiger partial charge in [0.15, 0.2) is 0 Å². The van der Waals surface area contributed by atoms with Gasteiger partial charge in [0.2, 0.25) is 0 Å². The molecule has 3 aromatic rings. The Morgan fingerprint density at radius 3 is 2.23 bits per heavy atom. The molecule has 3 heteroatoms. The van der Waals surface area contributed by atoms with Crippen LogP contribution in [0.4, 0.5) is 0 Å². The molecule has 0 heterocycles. The van der Waals surface area contributed by atoms with Crippen molar-refractivity contribution in [3.63, 3.8) is 0 Å². The van der Waals surface area contributed by atoms with E-state index >= 15 is 0 Å². The van der Waals surface area contributed by atoms with E-state index in [1.807, 2.05) is 36.4 Å². The lowest BCUT2D eigenvalue weighted by atomic mass is 9.99. The largest absolute Gasteiger partial charge is 0.480 e. The maximum absolute atomic E-state index is 10.8. The smallest absolute Gasteiger partial charge is 0.320 e. The third-order valence-corrected chi connectivity index (χ3v) is 3.81. The monoisotopic (exact) mass is 291 g/mol. The first-order valence-corrected chi connectivity index (χ1v) is 7.20. The average molecular weight is 291 g/mol. The van der Waals surface area contributed by atoms with Crippen LogP contribution in [0.5, 0.6) is 0 Å². The van der Waals surface area contributed by atoms with Gasteiger partial charge in [0.1, 0.15) is 6.04 Å². The van der Waals surface area contributed by atoms with Gasteiger partial charge in [-0.1, -0.05) is 60.7 Å². The Morgan fingerprint density at radius 1 is 0.909 bits per heavy atom. The number of nitrogens with two attached hydrogens (primary N) is 1. The van der Waals surface area contributed by atoms with E-state index in [2.05, 4.69) is 30.3 Å². The van der Waals surface area contributed by atoms with Crippen molar-refractivity contribution in [3.05, 3.63) is 72.3 Å². The van der Waals surface area contributed by atoms with E-state index in [-0.39, 0.29) is 0 Å². The van der Waals surface area contributed by atoms with Gasteiger partial charge in [0.05, 0.1) is 0 Å². The highest BCUT2D eigenvalue weighted by molar-refractivity contribution is 5.87. The van der Waals surface area contributed by atoms with E-state index in [1.54, 1.807) is 0 Å². The van der Waals surface area contributed by atoms with E-state index in [1.165, 1.54) is 10.8 Å². The number of carbonyl (C=O) groups is 1. The number of benzene rings is 3. The zero-order valence-corrected chi connectivity index (χ0v) is 12.1. The van der Waals surface area contributed by atoms with E-state index in [9.17, 15) is 4.79 Å². The summed E-state index contributed by atoms with van der Waals surface area (Å²) in [6.45, 7) is 0. The fourth-order valence-electron chi connectivity index (χ4n) is 2.54. The number of rotatable bonds is 4. The third-order valence-electron chi connectivity index (χ3n) is 3.81. The summed E-state index contributed by atoms with van der Waals surface area (Å²) in [4.78, 5) is 10.8. The van der Waals surface area contributed by atoms with Crippen molar-refractivity contribution in [2.24, 2.45) is 5.73 Å². The molecule has 3 N–H and O–H groups in total. The Hall–Kier alpha value is -2.65. The number of aliphatic carboxylic acids is 1.